The Kier molecular flexibility index (Phi) is 6.86. The van der Waals surface area contributed by atoms with Crippen molar-refractivity contribution in [2.45, 2.75) is 12.1 Å². The van der Waals surface area contributed by atoms with Gasteiger partial charge in [0.25, 0.3) is 5.91 Å². The van der Waals surface area contributed by atoms with Gasteiger partial charge < -0.3 is 19.6 Å². The fraction of sp³-hybridized carbons (Fsp3) is 0.346. The molecule has 2 saturated heterocycles. The molecule has 0 unspecified atom stereocenters. The van der Waals surface area contributed by atoms with Gasteiger partial charge in [-0.1, -0.05) is 11.6 Å². The molecular formula is C26H28ClN5O3. The Morgan fingerprint density at radius 3 is 2.40 bits per heavy atom. The van der Waals surface area contributed by atoms with Gasteiger partial charge in [-0.05, 0) is 54.6 Å². The zero-order valence-electron chi connectivity index (χ0n) is 19.5. The maximum absolute atomic E-state index is 12.8. The van der Waals surface area contributed by atoms with E-state index in [1.165, 1.54) is 0 Å². The van der Waals surface area contributed by atoms with Gasteiger partial charge in [-0.25, -0.2) is 9.97 Å². The minimum absolute atomic E-state index is 0.0126. The third-order valence-electron chi connectivity index (χ3n) is 6.73. The van der Waals surface area contributed by atoms with E-state index in [1.54, 1.807) is 37.6 Å². The van der Waals surface area contributed by atoms with E-state index < -0.39 is 6.10 Å². The first-order valence-corrected chi connectivity index (χ1v) is 12.1. The second-order valence-electron chi connectivity index (χ2n) is 8.85. The molecule has 2 aliphatic rings. The van der Waals surface area contributed by atoms with Crippen molar-refractivity contribution in [1.29, 1.82) is 0 Å². The maximum Gasteiger partial charge on any atom is 0.253 e. The van der Waals surface area contributed by atoms with Crippen molar-refractivity contribution in [3.63, 3.8) is 0 Å². The molecule has 8 nitrogen and oxygen atoms in total. The number of aliphatic hydroxyl groups is 1. The van der Waals surface area contributed by atoms with Gasteiger partial charge in [0.1, 0.15) is 5.75 Å². The van der Waals surface area contributed by atoms with Crippen molar-refractivity contribution in [2.24, 2.45) is 0 Å². The zero-order chi connectivity index (χ0) is 24.4. The quantitative estimate of drug-likeness (QED) is 0.585. The monoisotopic (exact) mass is 493 g/mol. The number of hydrogen-bond donors (Lipinski definition) is 1. The van der Waals surface area contributed by atoms with Crippen LogP contribution in [0.5, 0.6) is 5.75 Å². The maximum atomic E-state index is 12.8. The van der Waals surface area contributed by atoms with Crippen LogP contribution in [0.15, 0.2) is 60.8 Å². The van der Waals surface area contributed by atoms with Crippen molar-refractivity contribution in [3.8, 4) is 17.0 Å². The molecular weight excluding hydrogens is 466 g/mol. The molecule has 1 aromatic heterocycles. The molecule has 2 fully saturated rings. The first kappa shape index (κ1) is 23.5. The van der Waals surface area contributed by atoms with Crippen LogP contribution in [0.3, 0.4) is 0 Å². The highest BCUT2D eigenvalue weighted by atomic mass is 35.5. The highest BCUT2D eigenvalue weighted by Gasteiger charge is 2.38. The first-order valence-electron chi connectivity index (χ1n) is 11.7. The molecule has 3 aromatic rings. The Labute approximate surface area is 209 Å². The Hall–Kier alpha value is -3.20. The van der Waals surface area contributed by atoms with E-state index in [2.05, 4.69) is 9.88 Å². The van der Waals surface area contributed by atoms with Gasteiger partial charge in [0.15, 0.2) is 0 Å². The van der Waals surface area contributed by atoms with E-state index in [9.17, 15) is 9.90 Å². The molecule has 0 radical (unpaired) electrons. The lowest BCUT2D eigenvalue weighted by Gasteiger charge is -2.38. The largest absolute Gasteiger partial charge is 0.497 e. The number of ether oxygens (including phenoxy) is 1. The average molecular weight is 494 g/mol. The fourth-order valence-corrected chi connectivity index (χ4v) is 4.87. The molecule has 182 valence electrons. The highest BCUT2D eigenvalue weighted by Crippen LogP contribution is 2.26. The Morgan fingerprint density at radius 2 is 1.71 bits per heavy atom. The number of amides is 1. The number of methoxy groups -OCH3 is 1. The summed E-state index contributed by atoms with van der Waals surface area (Å²) in [6, 6.07) is 16.6. The Morgan fingerprint density at radius 1 is 1.00 bits per heavy atom. The van der Waals surface area contributed by atoms with Crippen LogP contribution in [0.2, 0.25) is 5.02 Å². The van der Waals surface area contributed by atoms with Crippen LogP contribution in [0.25, 0.3) is 11.3 Å². The summed E-state index contributed by atoms with van der Waals surface area (Å²) in [7, 11) is 1.64. The van der Waals surface area contributed by atoms with E-state index in [0.717, 1.165) is 17.0 Å². The van der Waals surface area contributed by atoms with Gasteiger partial charge in [0, 0.05) is 61.6 Å². The molecule has 3 heterocycles. The van der Waals surface area contributed by atoms with Crippen molar-refractivity contribution in [3.05, 3.63) is 71.4 Å². The minimum atomic E-state index is -0.512. The molecule has 0 spiro atoms. The second-order valence-corrected chi connectivity index (χ2v) is 9.28. The lowest BCUT2D eigenvalue weighted by molar-refractivity contribution is 0.0376. The molecule has 2 aliphatic heterocycles. The van der Waals surface area contributed by atoms with Crippen LogP contribution in [0.1, 0.15) is 10.4 Å². The number of piperazine rings is 1. The van der Waals surface area contributed by atoms with E-state index in [-0.39, 0.29) is 11.9 Å². The number of halogens is 1. The number of β-amino-alcohol motifs (C(OH)–C–C–N with tert-alkyl or cyclic N) is 1. The number of carbonyl (C=O) groups is 1. The van der Waals surface area contributed by atoms with Crippen LogP contribution in [0.4, 0.5) is 5.95 Å². The van der Waals surface area contributed by atoms with Gasteiger partial charge in [-0.3, -0.25) is 9.69 Å². The van der Waals surface area contributed by atoms with E-state index >= 15 is 0 Å². The second kappa shape index (κ2) is 10.2. The van der Waals surface area contributed by atoms with Gasteiger partial charge in [0.05, 0.1) is 24.9 Å². The molecule has 0 aliphatic carbocycles. The predicted octanol–water partition coefficient (Wildman–Crippen LogP) is 2.81. The normalized spacial score (nSPS) is 20.8. The van der Waals surface area contributed by atoms with Crippen molar-refractivity contribution in [2.75, 3.05) is 51.3 Å². The van der Waals surface area contributed by atoms with E-state index in [1.807, 2.05) is 40.1 Å². The summed E-state index contributed by atoms with van der Waals surface area (Å²) < 4.78 is 5.24. The van der Waals surface area contributed by atoms with Crippen LogP contribution in [-0.2, 0) is 0 Å². The number of carbonyl (C=O) groups excluding carboxylic acids is 1. The Bertz CT molecular complexity index is 1170. The average Bonchev–Trinajstić information content (AvgIpc) is 3.30. The first-order chi connectivity index (χ1) is 17.0. The SMILES string of the molecule is COc1ccc(-c2ccnc(N3C[C@@H](O)[C@H](N4CCN(C(=O)c5ccc(Cl)cc5)CC4)C3)n2)cc1. The molecule has 5 rings (SSSR count). The summed E-state index contributed by atoms with van der Waals surface area (Å²) in [5.74, 6) is 1.42. The summed E-state index contributed by atoms with van der Waals surface area (Å²) in [4.78, 5) is 28.2. The fourth-order valence-electron chi connectivity index (χ4n) is 4.75. The van der Waals surface area contributed by atoms with Crippen molar-refractivity contribution < 1.29 is 14.6 Å². The highest BCUT2D eigenvalue weighted by molar-refractivity contribution is 6.30. The van der Waals surface area contributed by atoms with Crippen LogP contribution in [-0.4, -0.2) is 89.3 Å². The standard InChI is InChI=1S/C26H28ClN5O3/c1-35-21-8-4-18(5-9-21)22-10-11-28-26(29-22)32-16-23(24(33)17-32)30-12-14-31(15-13-30)25(34)19-2-6-20(27)7-3-19/h2-11,23-24,33H,12-17H2,1H3/t23-,24-/m1/s1. The third-order valence-corrected chi connectivity index (χ3v) is 6.98. The third kappa shape index (κ3) is 5.10. The van der Waals surface area contributed by atoms with Crippen molar-refractivity contribution in [1.82, 2.24) is 19.8 Å². The molecule has 1 amide bonds. The van der Waals surface area contributed by atoms with Crippen LogP contribution < -0.4 is 9.64 Å². The number of benzene rings is 2. The summed E-state index contributed by atoms with van der Waals surface area (Å²) in [6.07, 6.45) is 1.24. The van der Waals surface area contributed by atoms with E-state index in [0.29, 0.717) is 55.8 Å². The number of aromatic nitrogens is 2. The summed E-state index contributed by atoms with van der Waals surface area (Å²) in [6.45, 7) is 3.77. The minimum Gasteiger partial charge on any atom is -0.497 e. The number of hydrogen-bond acceptors (Lipinski definition) is 7. The van der Waals surface area contributed by atoms with Gasteiger partial charge in [-0.2, -0.15) is 0 Å². The lowest BCUT2D eigenvalue weighted by atomic mass is 10.1. The van der Waals surface area contributed by atoms with Crippen LogP contribution >= 0.6 is 11.6 Å². The molecule has 2 aromatic carbocycles. The van der Waals surface area contributed by atoms with Gasteiger partial charge in [0.2, 0.25) is 5.95 Å². The smallest absolute Gasteiger partial charge is 0.253 e. The zero-order valence-corrected chi connectivity index (χ0v) is 20.3. The van der Waals surface area contributed by atoms with E-state index in [4.69, 9.17) is 21.3 Å². The van der Waals surface area contributed by atoms with Crippen molar-refractivity contribution >= 4 is 23.5 Å². The number of aliphatic hydroxyl groups excluding tert-OH is 1. The molecule has 2 atom stereocenters. The molecule has 1 N–H and O–H groups in total. The van der Waals surface area contributed by atoms with Gasteiger partial charge in [-0.15, -0.1) is 0 Å². The molecule has 9 heteroatoms. The lowest BCUT2D eigenvalue weighted by Crippen LogP contribution is -2.54. The topological polar surface area (TPSA) is 82.0 Å². The number of nitrogens with zero attached hydrogens (tertiary/aromatic N) is 5. The van der Waals surface area contributed by atoms with Gasteiger partial charge >= 0.3 is 0 Å². The molecule has 0 bridgehead atoms. The molecule has 0 saturated carbocycles. The number of rotatable bonds is 5. The molecule has 35 heavy (non-hydrogen) atoms. The number of anilines is 1. The van der Waals surface area contributed by atoms with Crippen LogP contribution in [0, 0.1) is 0 Å². The summed E-state index contributed by atoms with van der Waals surface area (Å²) >= 11 is 5.94. The Balaban J connectivity index is 1.21. The summed E-state index contributed by atoms with van der Waals surface area (Å²) in [5, 5.41) is 11.5. The predicted molar refractivity (Wildman–Crippen MR) is 135 cm³/mol. The summed E-state index contributed by atoms with van der Waals surface area (Å²) in [5.41, 5.74) is 2.45.